The second-order valence-corrected chi connectivity index (χ2v) is 10.7. The molecule has 0 saturated heterocycles. The van der Waals surface area contributed by atoms with Crippen molar-refractivity contribution in [2.24, 2.45) is 11.8 Å². The zero-order valence-electron chi connectivity index (χ0n) is 19.1. The molecule has 26 heavy (non-hydrogen) atoms. The van der Waals surface area contributed by atoms with Crippen molar-refractivity contribution in [3.8, 4) is 25.7 Å². The molecule has 0 spiro atoms. The first-order chi connectivity index (χ1) is 12.4. The van der Waals surface area contributed by atoms with E-state index in [1.165, 1.54) is 51.4 Å². The van der Waals surface area contributed by atoms with E-state index in [1.807, 2.05) is 0 Å². The summed E-state index contributed by atoms with van der Waals surface area (Å²) in [6.45, 7) is 17.9. The molecular formula is C24H48ClP. The predicted octanol–water partition coefficient (Wildman–Crippen LogP) is 9.36. The number of terminal acetylenes is 2. The number of hydrogen-bond donors (Lipinski definition) is 0. The Hall–Kier alpha value is -0.160. The molecule has 0 radical (unpaired) electrons. The van der Waals surface area contributed by atoms with Crippen LogP contribution >= 0.6 is 18.5 Å². The highest BCUT2D eigenvalue weighted by molar-refractivity contribution is 7.85. The van der Waals surface area contributed by atoms with Gasteiger partial charge in [0.2, 0.25) is 0 Å². The van der Waals surface area contributed by atoms with Crippen LogP contribution in [0, 0.1) is 37.5 Å². The highest BCUT2D eigenvalue weighted by atomic mass is 35.7. The summed E-state index contributed by atoms with van der Waals surface area (Å²) in [4.78, 5) is 0. The first-order valence-electron chi connectivity index (χ1n) is 10.5. The maximum absolute atomic E-state index is 6.80. The maximum atomic E-state index is 6.80. The predicted molar refractivity (Wildman–Crippen MR) is 129 cm³/mol. The van der Waals surface area contributed by atoms with Crippen molar-refractivity contribution < 1.29 is 0 Å². The molecule has 0 aliphatic heterocycles. The Morgan fingerprint density at radius 2 is 1.35 bits per heavy atom. The lowest BCUT2D eigenvalue weighted by atomic mass is 9.90. The van der Waals surface area contributed by atoms with E-state index in [9.17, 15) is 0 Å². The molecule has 0 aromatic heterocycles. The lowest BCUT2D eigenvalue weighted by molar-refractivity contribution is 0.390. The minimum atomic E-state index is -0.249. The topological polar surface area (TPSA) is 0 Å². The van der Waals surface area contributed by atoms with Crippen molar-refractivity contribution in [2.75, 3.05) is 0 Å². The van der Waals surface area contributed by atoms with E-state index in [1.54, 1.807) is 0 Å². The Labute approximate surface area is 174 Å². The summed E-state index contributed by atoms with van der Waals surface area (Å²) in [7, 11) is -0.249. The van der Waals surface area contributed by atoms with Gasteiger partial charge in [-0.25, -0.2) is 0 Å². The van der Waals surface area contributed by atoms with Gasteiger partial charge in [-0.05, 0) is 56.1 Å². The lowest BCUT2D eigenvalue weighted by Gasteiger charge is -2.34. The van der Waals surface area contributed by atoms with E-state index in [0.29, 0.717) is 0 Å². The van der Waals surface area contributed by atoms with Gasteiger partial charge < -0.3 is 0 Å². The molecule has 0 heterocycles. The molecule has 0 bridgehead atoms. The fraction of sp³-hybridized carbons (Fsp3) is 0.833. The van der Waals surface area contributed by atoms with Crippen LogP contribution in [0.4, 0.5) is 0 Å². The summed E-state index contributed by atoms with van der Waals surface area (Å²) < 4.78 is 0. The lowest BCUT2D eigenvalue weighted by Crippen LogP contribution is -2.20. The summed E-state index contributed by atoms with van der Waals surface area (Å²) in [5.74, 6) is 1.72. The third-order valence-corrected chi connectivity index (χ3v) is 7.92. The number of halogens is 1. The second kappa shape index (κ2) is 27.1. The summed E-state index contributed by atoms with van der Waals surface area (Å²) in [6, 6.07) is 0. The SMILES string of the molecule is C#C.C#C.CCC.CCC.CCC(CC(C)C)P(Cl)C1CCC[C@@H](C)C1. The van der Waals surface area contributed by atoms with E-state index < -0.39 is 0 Å². The van der Waals surface area contributed by atoms with Crippen LogP contribution in [0.25, 0.3) is 0 Å². The molecule has 0 aromatic carbocycles. The molecule has 2 heteroatoms. The standard InChI is InChI=1S/C14H28ClP.2C3H8.2C2H2/c1-5-13(9-11(2)3)16(15)14-8-6-7-12(4)10-14;2*1-3-2;2*1-2/h11-14H,5-10H2,1-4H3;2*3H2,1-2H3;2*1-2H/t12-,13?,14?,16?;;;;/m1..../s1. The first-order valence-corrected chi connectivity index (χ1v) is 12.9. The van der Waals surface area contributed by atoms with E-state index in [0.717, 1.165) is 23.2 Å². The zero-order valence-corrected chi connectivity index (χ0v) is 20.8. The van der Waals surface area contributed by atoms with Crippen LogP contribution in [0.2, 0.25) is 0 Å². The molecule has 1 rings (SSSR count). The molecule has 3 unspecified atom stereocenters. The Morgan fingerprint density at radius 1 is 0.923 bits per heavy atom. The van der Waals surface area contributed by atoms with Crippen LogP contribution in [0.15, 0.2) is 0 Å². The molecular weight excluding hydrogens is 355 g/mol. The molecule has 1 aliphatic rings. The molecule has 1 fully saturated rings. The highest BCUT2D eigenvalue weighted by Gasteiger charge is 2.30. The fourth-order valence-electron chi connectivity index (χ4n) is 2.91. The van der Waals surface area contributed by atoms with E-state index in [-0.39, 0.29) is 7.27 Å². The van der Waals surface area contributed by atoms with Crippen LogP contribution in [0.5, 0.6) is 0 Å². The molecule has 0 nitrogen and oxygen atoms in total. The van der Waals surface area contributed by atoms with Crippen molar-refractivity contribution in [2.45, 2.75) is 118 Å². The van der Waals surface area contributed by atoms with Gasteiger partial charge in [0.15, 0.2) is 0 Å². The van der Waals surface area contributed by atoms with Crippen molar-refractivity contribution in [1.29, 1.82) is 0 Å². The van der Waals surface area contributed by atoms with E-state index in [2.05, 4.69) is 81.1 Å². The smallest absolute Gasteiger partial charge is 0.00338 e. The van der Waals surface area contributed by atoms with Crippen molar-refractivity contribution in [3.63, 3.8) is 0 Å². The van der Waals surface area contributed by atoms with Gasteiger partial charge in [-0.15, -0.1) is 25.7 Å². The molecule has 0 amide bonds. The van der Waals surface area contributed by atoms with Crippen LogP contribution in [-0.4, -0.2) is 11.3 Å². The van der Waals surface area contributed by atoms with Crippen LogP contribution in [0.1, 0.15) is 107 Å². The Morgan fingerprint density at radius 3 is 1.65 bits per heavy atom. The van der Waals surface area contributed by atoms with Crippen LogP contribution in [-0.2, 0) is 0 Å². The maximum Gasteiger partial charge on any atom is -0.00338 e. The van der Waals surface area contributed by atoms with Gasteiger partial charge in [-0.1, -0.05) is 92.3 Å². The third kappa shape index (κ3) is 21.9. The van der Waals surface area contributed by atoms with Crippen LogP contribution < -0.4 is 0 Å². The second-order valence-electron chi connectivity index (χ2n) is 7.38. The quantitative estimate of drug-likeness (QED) is 0.317. The van der Waals surface area contributed by atoms with Gasteiger partial charge in [0.1, 0.15) is 0 Å². The van der Waals surface area contributed by atoms with Gasteiger partial charge in [0, 0.05) is 0 Å². The normalized spacial score (nSPS) is 20.2. The van der Waals surface area contributed by atoms with E-state index >= 15 is 0 Å². The minimum absolute atomic E-state index is 0.249. The van der Waals surface area contributed by atoms with Crippen molar-refractivity contribution in [3.05, 3.63) is 0 Å². The van der Waals surface area contributed by atoms with Gasteiger partial charge >= 0.3 is 0 Å². The van der Waals surface area contributed by atoms with Gasteiger partial charge in [0.25, 0.3) is 0 Å². The molecule has 0 aromatic rings. The van der Waals surface area contributed by atoms with Gasteiger partial charge in [0.05, 0.1) is 0 Å². The van der Waals surface area contributed by atoms with Gasteiger partial charge in [-0.2, -0.15) is 0 Å². The molecule has 4 atom stereocenters. The Bertz CT molecular complexity index is 270. The third-order valence-electron chi connectivity index (χ3n) is 3.82. The first kappa shape index (κ1) is 33.4. The highest BCUT2D eigenvalue weighted by Crippen LogP contribution is 2.58. The number of rotatable bonds is 5. The molecule has 1 saturated carbocycles. The monoisotopic (exact) mass is 402 g/mol. The fourth-order valence-corrected chi connectivity index (χ4v) is 6.65. The van der Waals surface area contributed by atoms with Crippen molar-refractivity contribution in [1.82, 2.24) is 0 Å². The summed E-state index contributed by atoms with van der Waals surface area (Å²) in [5.41, 5.74) is 1.65. The van der Waals surface area contributed by atoms with E-state index in [4.69, 9.17) is 11.2 Å². The van der Waals surface area contributed by atoms with Gasteiger partial charge in [-0.3, -0.25) is 0 Å². The molecule has 156 valence electrons. The average molecular weight is 403 g/mol. The molecule has 0 N–H and O–H groups in total. The zero-order chi connectivity index (χ0) is 21.5. The largest absolute Gasteiger partial charge is 0.124 e. The molecule has 1 aliphatic carbocycles. The minimum Gasteiger partial charge on any atom is -0.124 e. The summed E-state index contributed by atoms with van der Waals surface area (Å²) in [5, 5.41) is 0. The van der Waals surface area contributed by atoms with Crippen LogP contribution in [0.3, 0.4) is 0 Å². The summed E-state index contributed by atoms with van der Waals surface area (Å²) >= 11 is 6.80. The Balaban J connectivity index is -0.000000204. The summed E-state index contributed by atoms with van der Waals surface area (Å²) in [6.07, 6.45) is 26.7. The average Bonchev–Trinajstić information content (AvgIpc) is 2.63. The number of hydrogen-bond acceptors (Lipinski definition) is 0. The van der Waals surface area contributed by atoms with Crippen molar-refractivity contribution >= 4 is 18.5 Å². The Kier molecular flexibility index (Phi) is 34.8.